The lowest BCUT2D eigenvalue weighted by molar-refractivity contribution is 0.0351. The van der Waals surface area contributed by atoms with Crippen LogP contribution in [0.5, 0.6) is 5.88 Å². The number of ether oxygens (including phenoxy) is 1. The Hall–Kier alpha value is -1.87. The zero-order valence-electron chi connectivity index (χ0n) is 17.8. The molecule has 1 fully saturated rings. The van der Waals surface area contributed by atoms with Crippen LogP contribution >= 0.6 is 15.9 Å². The summed E-state index contributed by atoms with van der Waals surface area (Å²) in [5.41, 5.74) is 0.347. The third kappa shape index (κ3) is 5.24. The Morgan fingerprint density at radius 1 is 1.47 bits per heavy atom. The molecule has 3 amide bonds. The summed E-state index contributed by atoms with van der Waals surface area (Å²) >= 11 is 3.37. The summed E-state index contributed by atoms with van der Waals surface area (Å²) in [7, 11) is 1.76. The van der Waals surface area contributed by atoms with E-state index in [0.717, 1.165) is 25.7 Å². The second-order valence-corrected chi connectivity index (χ2v) is 9.36. The maximum atomic E-state index is 13.1. The van der Waals surface area contributed by atoms with Crippen LogP contribution in [-0.2, 0) is 0 Å². The van der Waals surface area contributed by atoms with E-state index < -0.39 is 0 Å². The Labute approximate surface area is 186 Å². The standard InChI is InChI=1S/C21H31BrN4O4/c1-13-10-26(14(2)12-27)20(28)17-8-15(22)9-23-19(17)30-18(13)11-25(3)21(29)24-16-6-4-5-7-16/h8-9,13-14,16,18,27H,4-7,10-12H2,1-3H3,(H,24,29)/t13-,14-,18-/m1/s1. The van der Waals surface area contributed by atoms with Crippen molar-refractivity contribution < 1.29 is 19.4 Å². The minimum absolute atomic E-state index is 0.0664. The number of likely N-dealkylation sites (N-methyl/N-ethyl adjacent to an activating group) is 1. The molecular weight excluding hydrogens is 452 g/mol. The predicted molar refractivity (Wildman–Crippen MR) is 117 cm³/mol. The quantitative estimate of drug-likeness (QED) is 0.672. The molecule has 2 heterocycles. The number of aliphatic hydroxyl groups excluding tert-OH is 1. The maximum Gasteiger partial charge on any atom is 0.317 e. The Morgan fingerprint density at radius 3 is 2.83 bits per heavy atom. The minimum Gasteiger partial charge on any atom is -0.472 e. The molecule has 1 saturated carbocycles. The molecule has 0 saturated heterocycles. The van der Waals surface area contributed by atoms with Gasteiger partial charge in [-0.05, 0) is 41.8 Å². The van der Waals surface area contributed by atoms with E-state index in [2.05, 4.69) is 26.2 Å². The van der Waals surface area contributed by atoms with Crippen LogP contribution in [0.15, 0.2) is 16.7 Å². The highest BCUT2D eigenvalue weighted by atomic mass is 79.9. The number of nitrogens with zero attached hydrogens (tertiary/aromatic N) is 3. The van der Waals surface area contributed by atoms with Crippen LogP contribution in [0.25, 0.3) is 0 Å². The number of amides is 3. The number of nitrogens with one attached hydrogen (secondary N) is 1. The van der Waals surface area contributed by atoms with Gasteiger partial charge in [0, 0.05) is 36.2 Å². The van der Waals surface area contributed by atoms with Gasteiger partial charge in [-0.15, -0.1) is 0 Å². The number of aromatic nitrogens is 1. The van der Waals surface area contributed by atoms with E-state index in [1.165, 1.54) is 0 Å². The van der Waals surface area contributed by atoms with Gasteiger partial charge in [0.25, 0.3) is 5.91 Å². The number of halogens is 1. The van der Waals surface area contributed by atoms with E-state index in [4.69, 9.17) is 4.74 Å². The molecule has 0 bridgehead atoms. The molecule has 1 aliphatic carbocycles. The van der Waals surface area contributed by atoms with Crippen molar-refractivity contribution in [2.75, 3.05) is 26.7 Å². The van der Waals surface area contributed by atoms with Crippen molar-refractivity contribution in [2.45, 2.75) is 57.7 Å². The highest BCUT2D eigenvalue weighted by molar-refractivity contribution is 9.10. The molecule has 3 rings (SSSR count). The fraction of sp³-hybridized carbons (Fsp3) is 0.667. The second kappa shape index (κ2) is 9.96. The van der Waals surface area contributed by atoms with Gasteiger partial charge in [0.05, 0.1) is 19.2 Å². The first-order valence-electron chi connectivity index (χ1n) is 10.6. The largest absolute Gasteiger partial charge is 0.472 e. The van der Waals surface area contributed by atoms with Gasteiger partial charge < -0.3 is 25.0 Å². The highest BCUT2D eigenvalue weighted by Gasteiger charge is 2.34. The second-order valence-electron chi connectivity index (χ2n) is 8.44. The van der Waals surface area contributed by atoms with Crippen LogP contribution in [0.3, 0.4) is 0 Å². The fourth-order valence-electron chi connectivity index (χ4n) is 4.00. The summed E-state index contributed by atoms with van der Waals surface area (Å²) in [5.74, 6) is -0.0410. The molecule has 1 aromatic heterocycles. The third-order valence-electron chi connectivity index (χ3n) is 5.97. The van der Waals surface area contributed by atoms with Gasteiger partial charge >= 0.3 is 6.03 Å². The van der Waals surface area contributed by atoms with Gasteiger partial charge in [-0.2, -0.15) is 0 Å². The molecule has 166 valence electrons. The molecule has 1 aromatic rings. The van der Waals surface area contributed by atoms with Crippen LogP contribution in [-0.4, -0.2) is 76.8 Å². The lowest BCUT2D eigenvalue weighted by Gasteiger charge is -2.37. The molecule has 0 radical (unpaired) electrons. The number of hydrogen-bond acceptors (Lipinski definition) is 5. The first-order chi connectivity index (χ1) is 14.3. The van der Waals surface area contributed by atoms with Crippen LogP contribution in [0, 0.1) is 5.92 Å². The number of rotatable bonds is 5. The van der Waals surface area contributed by atoms with Crippen LogP contribution in [0.1, 0.15) is 49.9 Å². The van der Waals surface area contributed by atoms with Crippen molar-refractivity contribution >= 4 is 27.9 Å². The Kier molecular flexibility index (Phi) is 7.57. The molecule has 2 aliphatic rings. The molecule has 0 spiro atoms. The van der Waals surface area contributed by atoms with Crippen molar-refractivity contribution in [3.05, 3.63) is 22.3 Å². The van der Waals surface area contributed by atoms with Gasteiger partial charge in [0.15, 0.2) is 0 Å². The number of pyridine rings is 1. The molecular formula is C21H31BrN4O4. The van der Waals surface area contributed by atoms with E-state index in [-0.39, 0.29) is 48.5 Å². The smallest absolute Gasteiger partial charge is 0.317 e. The Balaban J connectivity index is 1.80. The predicted octanol–water partition coefficient (Wildman–Crippen LogP) is 2.65. The van der Waals surface area contributed by atoms with Crippen molar-refractivity contribution in [1.82, 2.24) is 20.1 Å². The van der Waals surface area contributed by atoms with Gasteiger partial charge in [-0.1, -0.05) is 19.8 Å². The number of urea groups is 1. The number of aliphatic hydroxyl groups is 1. The minimum atomic E-state index is -0.349. The number of hydrogen-bond donors (Lipinski definition) is 2. The maximum absolute atomic E-state index is 13.1. The zero-order valence-corrected chi connectivity index (χ0v) is 19.4. The molecule has 0 aromatic carbocycles. The lowest BCUT2D eigenvalue weighted by Crippen LogP contribution is -2.52. The van der Waals surface area contributed by atoms with E-state index in [1.807, 2.05) is 13.8 Å². The highest BCUT2D eigenvalue weighted by Crippen LogP contribution is 2.28. The summed E-state index contributed by atoms with van der Waals surface area (Å²) in [6, 6.07) is 1.48. The van der Waals surface area contributed by atoms with E-state index >= 15 is 0 Å². The van der Waals surface area contributed by atoms with Gasteiger partial charge in [-0.3, -0.25) is 4.79 Å². The average molecular weight is 483 g/mol. The lowest BCUT2D eigenvalue weighted by atomic mass is 10.0. The Morgan fingerprint density at radius 2 is 2.17 bits per heavy atom. The van der Waals surface area contributed by atoms with Crippen molar-refractivity contribution in [3.8, 4) is 5.88 Å². The summed E-state index contributed by atoms with van der Waals surface area (Å²) in [4.78, 5) is 33.4. The number of carbonyl (C=O) groups excluding carboxylic acids is 2. The number of carbonyl (C=O) groups is 2. The van der Waals surface area contributed by atoms with Gasteiger partial charge in [0.2, 0.25) is 5.88 Å². The first-order valence-corrected chi connectivity index (χ1v) is 11.3. The van der Waals surface area contributed by atoms with Gasteiger partial charge in [-0.25, -0.2) is 9.78 Å². The Bertz CT molecular complexity index is 771. The third-order valence-corrected chi connectivity index (χ3v) is 6.40. The average Bonchev–Trinajstić information content (AvgIpc) is 3.23. The summed E-state index contributed by atoms with van der Waals surface area (Å²) in [5, 5.41) is 12.8. The van der Waals surface area contributed by atoms with Crippen molar-refractivity contribution in [1.29, 1.82) is 0 Å². The van der Waals surface area contributed by atoms with E-state index in [9.17, 15) is 14.7 Å². The van der Waals surface area contributed by atoms with E-state index in [1.54, 1.807) is 29.1 Å². The van der Waals surface area contributed by atoms with Gasteiger partial charge in [0.1, 0.15) is 11.7 Å². The zero-order chi connectivity index (χ0) is 21.8. The van der Waals surface area contributed by atoms with Crippen LogP contribution in [0.4, 0.5) is 4.79 Å². The first kappa shape index (κ1) is 22.8. The molecule has 30 heavy (non-hydrogen) atoms. The normalized spacial score (nSPS) is 23.2. The summed E-state index contributed by atoms with van der Waals surface area (Å²) < 4.78 is 6.84. The molecule has 1 aliphatic heterocycles. The van der Waals surface area contributed by atoms with Crippen molar-refractivity contribution in [2.24, 2.45) is 5.92 Å². The summed E-state index contributed by atoms with van der Waals surface area (Å²) in [6.07, 6.45) is 5.60. The summed E-state index contributed by atoms with van der Waals surface area (Å²) in [6.45, 7) is 4.45. The SMILES string of the molecule is C[C@@H]1CN([C@H](C)CO)C(=O)c2cc(Br)cnc2O[C@@H]1CN(C)C(=O)NC1CCCC1. The topological polar surface area (TPSA) is 95.0 Å². The van der Waals surface area contributed by atoms with E-state index in [0.29, 0.717) is 23.1 Å². The van der Waals surface area contributed by atoms with Crippen LogP contribution in [0.2, 0.25) is 0 Å². The van der Waals surface area contributed by atoms with Crippen molar-refractivity contribution in [3.63, 3.8) is 0 Å². The monoisotopic (exact) mass is 482 g/mol. The molecule has 2 N–H and O–H groups in total. The number of fused-ring (bicyclic) bond motifs is 1. The molecule has 8 nitrogen and oxygen atoms in total. The fourth-order valence-corrected chi connectivity index (χ4v) is 4.33. The molecule has 0 unspecified atom stereocenters. The molecule has 3 atom stereocenters. The molecule has 9 heteroatoms. The van der Waals surface area contributed by atoms with Crippen LogP contribution < -0.4 is 10.1 Å².